The van der Waals surface area contributed by atoms with Crippen LogP contribution in [-0.4, -0.2) is 54.9 Å². The highest BCUT2D eigenvalue weighted by Crippen LogP contribution is 2.57. The van der Waals surface area contributed by atoms with Crippen LogP contribution in [0.4, 0.5) is 0 Å². The van der Waals surface area contributed by atoms with Gasteiger partial charge in [-0.2, -0.15) is 0 Å². The number of carbonyl (C=O) groups excluding carboxylic acids is 2. The fourth-order valence-electron chi connectivity index (χ4n) is 4.74. The molecule has 9 N–H and O–H groups in total. The first-order valence-corrected chi connectivity index (χ1v) is 12.5. The van der Waals surface area contributed by atoms with Gasteiger partial charge in [0.1, 0.15) is 6.04 Å². The first-order valence-electron chi connectivity index (χ1n) is 12.5. The van der Waals surface area contributed by atoms with Crippen molar-refractivity contribution in [2.45, 2.75) is 58.2 Å². The molecule has 3 rings (SSSR count). The molecule has 11 heteroatoms. The molecule has 200 valence electrons. The van der Waals surface area contributed by atoms with Gasteiger partial charge >= 0.3 is 0 Å². The number of hydrogen-bond donors (Lipinski definition) is 6. The van der Waals surface area contributed by atoms with E-state index in [0.717, 1.165) is 30.7 Å². The fraction of sp³-hybridized carbons (Fsp3) is 0.500. The lowest BCUT2D eigenvalue weighted by atomic mass is 9.85. The van der Waals surface area contributed by atoms with Crippen LogP contribution in [0.15, 0.2) is 57.1 Å². The third kappa shape index (κ3) is 6.87. The van der Waals surface area contributed by atoms with E-state index >= 15 is 0 Å². The van der Waals surface area contributed by atoms with Gasteiger partial charge in [-0.3, -0.25) is 25.0 Å². The van der Waals surface area contributed by atoms with E-state index in [1.807, 2.05) is 13.8 Å². The molecule has 3 aliphatic rings. The molecule has 2 fully saturated rings. The average Bonchev–Trinajstić information content (AvgIpc) is 3.77. The number of aliphatic imine (C=N–C) groups is 2. The molecular formula is C26H38N8O3. The molecule has 2 amide bonds. The Balaban J connectivity index is 1.79. The molecule has 1 heterocycles. The zero-order chi connectivity index (χ0) is 27.3. The van der Waals surface area contributed by atoms with Crippen LogP contribution in [0.2, 0.25) is 0 Å². The maximum atomic E-state index is 13.5. The summed E-state index contributed by atoms with van der Waals surface area (Å²) in [6.07, 6.45) is 10.2. The predicted molar refractivity (Wildman–Crippen MR) is 145 cm³/mol. The molecule has 4 atom stereocenters. The number of nitrogens with zero attached hydrogens (tertiary/aromatic N) is 2. The number of methoxy groups -OCH3 is 1. The SMILES string of the molecule is COC(=N)/C=C(\C(N)=O)C(C)N=CC(=CN)NC(=O)[C@H]1NC(C(C=CN)=NC(C)C)=C2CC2C1C1CC1. The molecule has 0 aromatic heterocycles. The molecule has 0 aromatic rings. The van der Waals surface area contributed by atoms with Crippen molar-refractivity contribution in [3.8, 4) is 0 Å². The van der Waals surface area contributed by atoms with Gasteiger partial charge in [-0.1, -0.05) is 0 Å². The van der Waals surface area contributed by atoms with Crippen molar-refractivity contribution in [1.82, 2.24) is 10.6 Å². The molecule has 0 spiro atoms. The van der Waals surface area contributed by atoms with Crippen molar-refractivity contribution in [2.75, 3.05) is 7.11 Å². The first-order chi connectivity index (χ1) is 17.6. The van der Waals surface area contributed by atoms with Crippen LogP contribution < -0.4 is 27.8 Å². The topological polar surface area (TPSA) is 194 Å². The number of ether oxygens (including phenoxy) is 1. The highest BCUT2D eigenvalue weighted by molar-refractivity contribution is 6.10. The Morgan fingerprint density at radius 1 is 1.24 bits per heavy atom. The first kappa shape index (κ1) is 27.7. The molecule has 37 heavy (non-hydrogen) atoms. The maximum absolute atomic E-state index is 13.5. The molecule has 2 aliphatic carbocycles. The van der Waals surface area contributed by atoms with Gasteiger partial charge in [0.15, 0.2) is 0 Å². The second-order valence-corrected chi connectivity index (χ2v) is 9.81. The van der Waals surface area contributed by atoms with E-state index in [4.69, 9.17) is 32.3 Å². The van der Waals surface area contributed by atoms with E-state index in [2.05, 4.69) is 15.6 Å². The average molecular weight is 511 g/mol. The monoisotopic (exact) mass is 510 g/mol. The van der Waals surface area contributed by atoms with Gasteiger partial charge in [-0.15, -0.1) is 0 Å². The van der Waals surface area contributed by atoms with E-state index in [1.165, 1.54) is 37.4 Å². The van der Waals surface area contributed by atoms with Crippen LogP contribution in [0.25, 0.3) is 0 Å². The summed E-state index contributed by atoms with van der Waals surface area (Å²) in [7, 11) is 1.32. The van der Waals surface area contributed by atoms with Crippen molar-refractivity contribution in [2.24, 2.45) is 44.9 Å². The van der Waals surface area contributed by atoms with E-state index in [-0.39, 0.29) is 35.0 Å². The van der Waals surface area contributed by atoms with E-state index in [1.54, 1.807) is 13.0 Å². The number of rotatable bonds is 11. The Labute approximate surface area is 217 Å². The Morgan fingerprint density at radius 2 is 1.95 bits per heavy atom. The van der Waals surface area contributed by atoms with Gasteiger partial charge in [-0.25, -0.2) is 0 Å². The van der Waals surface area contributed by atoms with Crippen molar-refractivity contribution < 1.29 is 14.3 Å². The number of nitrogens with two attached hydrogens (primary N) is 3. The molecule has 11 nitrogen and oxygen atoms in total. The molecule has 0 saturated heterocycles. The fourth-order valence-corrected chi connectivity index (χ4v) is 4.74. The number of primary amides is 1. The minimum absolute atomic E-state index is 0.0728. The van der Waals surface area contributed by atoms with Crippen molar-refractivity contribution in [3.05, 3.63) is 47.1 Å². The highest BCUT2D eigenvalue weighted by atomic mass is 16.5. The Kier molecular flexibility index (Phi) is 8.90. The van der Waals surface area contributed by atoms with E-state index < -0.39 is 18.0 Å². The van der Waals surface area contributed by atoms with Crippen LogP contribution >= 0.6 is 0 Å². The van der Waals surface area contributed by atoms with Gasteiger partial charge < -0.3 is 32.6 Å². The van der Waals surface area contributed by atoms with Crippen LogP contribution in [0.1, 0.15) is 40.0 Å². The number of fused-ring (bicyclic) bond motifs is 1. The van der Waals surface area contributed by atoms with Gasteiger partial charge in [0.25, 0.3) is 0 Å². The van der Waals surface area contributed by atoms with Gasteiger partial charge in [-0.05, 0) is 75.6 Å². The lowest BCUT2D eigenvalue weighted by Crippen LogP contribution is -2.52. The van der Waals surface area contributed by atoms with Crippen molar-refractivity contribution in [1.29, 1.82) is 5.41 Å². The predicted octanol–water partition coefficient (Wildman–Crippen LogP) is 0.991. The zero-order valence-electron chi connectivity index (χ0n) is 21.8. The third-order valence-corrected chi connectivity index (χ3v) is 6.68. The maximum Gasteiger partial charge on any atom is 0.247 e. The third-order valence-electron chi connectivity index (χ3n) is 6.68. The van der Waals surface area contributed by atoms with Crippen LogP contribution in [0.5, 0.6) is 0 Å². The quantitative estimate of drug-likeness (QED) is 0.136. The second-order valence-electron chi connectivity index (χ2n) is 9.81. The van der Waals surface area contributed by atoms with Gasteiger partial charge in [0, 0.05) is 30.1 Å². The van der Waals surface area contributed by atoms with Crippen LogP contribution in [-0.2, 0) is 14.3 Å². The normalized spacial score (nSPS) is 25.2. The second kappa shape index (κ2) is 11.9. The molecular weight excluding hydrogens is 472 g/mol. The van der Waals surface area contributed by atoms with Crippen LogP contribution in [0, 0.1) is 23.2 Å². The molecule has 0 radical (unpaired) electrons. The van der Waals surface area contributed by atoms with Crippen LogP contribution in [0.3, 0.4) is 0 Å². The number of nitrogens with one attached hydrogen (secondary N) is 3. The minimum atomic E-state index is -0.725. The van der Waals surface area contributed by atoms with E-state index in [9.17, 15) is 9.59 Å². The summed E-state index contributed by atoms with van der Waals surface area (Å²) in [5, 5.41) is 14.0. The Hall–Kier alpha value is -3.89. The number of allylic oxidation sites excluding steroid dienone is 3. The standard InChI is InChI=1S/C26H38N8O3/c1-13(2)32-20(7-8-27)23-19-9-18(19)22(15-5-6-15)24(34-23)26(36)33-16(11-28)12-31-14(3)17(25(30)35)10-21(29)37-4/h7-8,10-15,18,22,24,29,34H,5-6,9,27-28H2,1-4H3,(H2,30,35)(H,33,36)/b8-7?,16-11?,17-10-,29-21?,31-12?,32-20?/t14?,18?,22?,24-/m0/s1. The van der Waals surface area contributed by atoms with Crippen molar-refractivity contribution >= 4 is 29.6 Å². The molecule has 0 bridgehead atoms. The minimum Gasteiger partial charge on any atom is -0.481 e. The summed E-state index contributed by atoms with van der Waals surface area (Å²) in [6.45, 7) is 5.63. The Bertz CT molecular complexity index is 1110. The number of amides is 2. The van der Waals surface area contributed by atoms with Gasteiger partial charge in [0.2, 0.25) is 17.7 Å². The highest BCUT2D eigenvalue weighted by Gasteiger charge is 2.55. The number of carbonyl (C=O) groups is 2. The summed E-state index contributed by atoms with van der Waals surface area (Å²) in [5.41, 5.74) is 20.2. The molecule has 1 aliphatic heterocycles. The Morgan fingerprint density at radius 3 is 2.49 bits per heavy atom. The van der Waals surface area contributed by atoms with Crippen molar-refractivity contribution in [3.63, 3.8) is 0 Å². The zero-order valence-corrected chi connectivity index (χ0v) is 21.8. The lowest BCUT2D eigenvalue weighted by molar-refractivity contribution is -0.124. The smallest absolute Gasteiger partial charge is 0.247 e. The summed E-state index contributed by atoms with van der Waals surface area (Å²) >= 11 is 0. The summed E-state index contributed by atoms with van der Waals surface area (Å²) in [4.78, 5) is 34.4. The van der Waals surface area contributed by atoms with Gasteiger partial charge in [0.05, 0.1) is 30.3 Å². The summed E-state index contributed by atoms with van der Waals surface area (Å²) < 4.78 is 4.78. The molecule has 0 aromatic carbocycles. The molecule has 2 saturated carbocycles. The largest absolute Gasteiger partial charge is 0.481 e. The lowest BCUT2D eigenvalue weighted by Gasteiger charge is -2.32. The molecule has 3 unspecified atom stereocenters. The van der Waals surface area contributed by atoms with E-state index in [0.29, 0.717) is 11.8 Å². The number of hydrogen-bond acceptors (Lipinski definition) is 9. The summed E-state index contributed by atoms with van der Waals surface area (Å²) in [6, 6.07) is -1.08. The summed E-state index contributed by atoms with van der Waals surface area (Å²) in [5.74, 6) is -0.120.